The van der Waals surface area contributed by atoms with Crippen molar-refractivity contribution < 1.29 is 4.79 Å². The lowest BCUT2D eigenvalue weighted by Crippen LogP contribution is -2.48. The van der Waals surface area contributed by atoms with Crippen molar-refractivity contribution >= 4 is 5.91 Å². The Morgan fingerprint density at radius 1 is 1.26 bits per heavy atom. The molecule has 2 rings (SSSR count). The molecule has 1 fully saturated rings. The van der Waals surface area contributed by atoms with Crippen molar-refractivity contribution in [3.63, 3.8) is 0 Å². The topological polar surface area (TPSA) is 41.1 Å². The van der Waals surface area contributed by atoms with Gasteiger partial charge in [0, 0.05) is 6.04 Å². The summed E-state index contributed by atoms with van der Waals surface area (Å²) >= 11 is 0. The van der Waals surface area contributed by atoms with Crippen LogP contribution in [-0.4, -0.2) is 25.0 Å². The summed E-state index contributed by atoms with van der Waals surface area (Å²) in [5, 5.41) is 6.52. The molecule has 0 bridgehead atoms. The van der Waals surface area contributed by atoms with Gasteiger partial charge in [0.2, 0.25) is 5.91 Å². The van der Waals surface area contributed by atoms with E-state index in [1.54, 1.807) is 0 Å². The fourth-order valence-electron chi connectivity index (χ4n) is 2.73. The van der Waals surface area contributed by atoms with Gasteiger partial charge in [-0.2, -0.15) is 0 Å². The molecule has 3 heteroatoms. The first-order valence-corrected chi connectivity index (χ1v) is 7.09. The maximum Gasteiger partial charge on any atom is 0.230 e. The van der Waals surface area contributed by atoms with Gasteiger partial charge in [-0.15, -0.1) is 0 Å². The van der Waals surface area contributed by atoms with Crippen LogP contribution in [0.4, 0.5) is 0 Å². The second kappa shape index (κ2) is 5.74. The van der Waals surface area contributed by atoms with E-state index in [1.807, 2.05) is 26.0 Å². The number of hydrogen-bond acceptors (Lipinski definition) is 2. The van der Waals surface area contributed by atoms with Crippen molar-refractivity contribution in [1.82, 2.24) is 10.6 Å². The Morgan fingerprint density at radius 2 is 1.89 bits per heavy atom. The largest absolute Gasteiger partial charge is 0.353 e. The zero-order valence-electron chi connectivity index (χ0n) is 12.1. The highest BCUT2D eigenvalue weighted by molar-refractivity contribution is 5.87. The predicted octanol–water partition coefficient (Wildman–Crippen LogP) is 2.14. The molecule has 0 atom stereocenters. The highest BCUT2D eigenvalue weighted by Crippen LogP contribution is 2.26. The quantitative estimate of drug-likeness (QED) is 0.874. The van der Waals surface area contributed by atoms with Gasteiger partial charge in [-0.25, -0.2) is 0 Å². The Balaban J connectivity index is 2.10. The molecule has 0 radical (unpaired) electrons. The van der Waals surface area contributed by atoms with Gasteiger partial charge in [0.05, 0.1) is 5.41 Å². The van der Waals surface area contributed by atoms with Gasteiger partial charge in [0.25, 0.3) is 0 Å². The molecule has 1 heterocycles. The maximum atomic E-state index is 12.6. The number of carbonyl (C=O) groups excluding carboxylic acids is 1. The third kappa shape index (κ3) is 3.16. The molecule has 1 aliphatic heterocycles. The van der Waals surface area contributed by atoms with Crippen LogP contribution in [0, 0.1) is 6.92 Å². The standard InChI is InChI=1S/C16H24N2O/c1-12-6-4-5-7-14(12)16(2,3)15(19)18-13-8-10-17-11-9-13/h4-7,13,17H,8-11H2,1-3H3,(H,18,19). The Kier molecular flexibility index (Phi) is 4.25. The van der Waals surface area contributed by atoms with Crippen LogP contribution in [-0.2, 0) is 10.2 Å². The molecular formula is C16H24N2O. The zero-order chi connectivity index (χ0) is 13.9. The summed E-state index contributed by atoms with van der Waals surface area (Å²) < 4.78 is 0. The first-order valence-electron chi connectivity index (χ1n) is 7.09. The highest BCUT2D eigenvalue weighted by atomic mass is 16.2. The number of nitrogens with one attached hydrogen (secondary N) is 2. The number of rotatable bonds is 3. The van der Waals surface area contributed by atoms with Crippen molar-refractivity contribution in [1.29, 1.82) is 0 Å². The molecule has 19 heavy (non-hydrogen) atoms. The summed E-state index contributed by atoms with van der Waals surface area (Å²) in [4.78, 5) is 12.6. The van der Waals surface area contributed by atoms with E-state index in [0.717, 1.165) is 31.5 Å². The maximum absolute atomic E-state index is 12.6. The summed E-state index contributed by atoms with van der Waals surface area (Å²) in [7, 11) is 0. The van der Waals surface area contributed by atoms with E-state index >= 15 is 0 Å². The molecule has 1 aromatic carbocycles. The summed E-state index contributed by atoms with van der Waals surface area (Å²) in [6.45, 7) is 8.07. The number of benzene rings is 1. The third-order valence-electron chi connectivity index (χ3n) is 4.06. The van der Waals surface area contributed by atoms with Gasteiger partial charge >= 0.3 is 0 Å². The minimum absolute atomic E-state index is 0.133. The van der Waals surface area contributed by atoms with Crippen LogP contribution < -0.4 is 10.6 Å². The van der Waals surface area contributed by atoms with Crippen molar-refractivity contribution in [3.8, 4) is 0 Å². The molecular weight excluding hydrogens is 236 g/mol. The minimum atomic E-state index is -0.476. The van der Waals surface area contributed by atoms with Gasteiger partial charge in [0.1, 0.15) is 0 Å². The minimum Gasteiger partial charge on any atom is -0.353 e. The van der Waals surface area contributed by atoms with E-state index in [4.69, 9.17) is 0 Å². The molecule has 0 spiro atoms. The SMILES string of the molecule is Cc1ccccc1C(C)(C)C(=O)NC1CCNCC1. The second-order valence-electron chi connectivity index (χ2n) is 5.94. The van der Waals surface area contributed by atoms with Gasteiger partial charge in [-0.3, -0.25) is 4.79 Å². The summed E-state index contributed by atoms with van der Waals surface area (Å²) in [6, 6.07) is 8.45. The summed E-state index contributed by atoms with van der Waals surface area (Å²) in [5.41, 5.74) is 1.81. The van der Waals surface area contributed by atoms with E-state index in [-0.39, 0.29) is 5.91 Å². The number of carbonyl (C=O) groups is 1. The third-order valence-corrected chi connectivity index (χ3v) is 4.06. The monoisotopic (exact) mass is 260 g/mol. The van der Waals surface area contributed by atoms with Crippen LogP contribution in [0.2, 0.25) is 0 Å². The highest BCUT2D eigenvalue weighted by Gasteiger charge is 2.32. The zero-order valence-corrected chi connectivity index (χ0v) is 12.1. The van der Waals surface area contributed by atoms with Crippen LogP contribution in [0.5, 0.6) is 0 Å². The Labute approximate surface area is 115 Å². The summed E-state index contributed by atoms with van der Waals surface area (Å²) in [6.07, 6.45) is 2.05. The van der Waals surface area contributed by atoms with E-state index in [1.165, 1.54) is 5.56 Å². The fraction of sp³-hybridized carbons (Fsp3) is 0.562. The normalized spacial score (nSPS) is 17.2. The lowest BCUT2D eigenvalue weighted by atomic mass is 9.81. The number of aryl methyl sites for hydroxylation is 1. The van der Waals surface area contributed by atoms with E-state index in [2.05, 4.69) is 29.7 Å². The van der Waals surface area contributed by atoms with E-state index < -0.39 is 5.41 Å². The van der Waals surface area contributed by atoms with Gasteiger partial charge in [-0.1, -0.05) is 24.3 Å². The van der Waals surface area contributed by atoms with Crippen molar-refractivity contribution in [3.05, 3.63) is 35.4 Å². The van der Waals surface area contributed by atoms with Crippen molar-refractivity contribution in [2.45, 2.75) is 45.1 Å². The first-order chi connectivity index (χ1) is 9.01. The Hall–Kier alpha value is -1.35. The molecule has 1 amide bonds. The fourth-order valence-corrected chi connectivity index (χ4v) is 2.73. The molecule has 0 aliphatic carbocycles. The van der Waals surface area contributed by atoms with E-state index in [9.17, 15) is 4.79 Å². The molecule has 0 unspecified atom stereocenters. The Morgan fingerprint density at radius 3 is 2.53 bits per heavy atom. The average Bonchev–Trinajstić information content (AvgIpc) is 2.40. The van der Waals surface area contributed by atoms with Gasteiger partial charge in [-0.05, 0) is 57.8 Å². The smallest absolute Gasteiger partial charge is 0.230 e. The lowest BCUT2D eigenvalue weighted by molar-refractivity contribution is -0.126. The molecule has 1 aliphatic rings. The van der Waals surface area contributed by atoms with Crippen LogP contribution in [0.15, 0.2) is 24.3 Å². The van der Waals surface area contributed by atoms with Gasteiger partial charge in [0.15, 0.2) is 0 Å². The molecule has 0 saturated carbocycles. The van der Waals surface area contributed by atoms with E-state index in [0.29, 0.717) is 6.04 Å². The molecule has 2 N–H and O–H groups in total. The summed E-state index contributed by atoms with van der Waals surface area (Å²) in [5.74, 6) is 0.133. The Bertz CT molecular complexity index is 448. The molecule has 1 saturated heterocycles. The van der Waals surface area contributed by atoms with Crippen LogP contribution in [0.1, 0.15) is 37.8 Å². The van der Waals surface area contributed by atoms with Crippen molar-refractivity contribution in [2.24, 2.45) is 0 Å². The molecule has 1 aromatic rings. The number of hydrogen-bond donors (Lipinski definition) is 2. The van der Waals surface area contributed by atoms with Crippen LogP contribution in [0.3, 0.4) is 0 Å². The number of piperidine rings is 1. The average molecular weight is 260 g/mol. The lowest BCUT2D eigenvalue weighted by Gasteiger charge is -2.30. The number of amides is 1. The molecule has 3 nitrogen and oxygen atoms in total. The molecule has 104 valence electrons. The van der Waals surface area contributed by atoms with Crippen molar-refractivity contribution in [2.75, 3.05) is 13.1 Å². The van der Waals surface area contributed by atoms with Crippen LogP contribution >= 0.6 is 0 Å². The second-order valence-corrected chi connectivity index (χ2v) is 5.94. The predicted molar refractivity (Wildman–Crippen MR) is 78.2 cm³/mol. The van der Waals surface area contributed by atoms with Crippen LogP contribution in [0.25, 0.3) is 0 Å². The first kappa shape index (κ1) is 14.1. The van der Waals surface area contributed by atoms with Gasteiger partial charge < -0.3 is 10.6 Å². The molecule has 0 aromatic heterocycles.